The molecular formula is C22H28N4O4. The zero-order valence-corrected chi connectivity index (χ0v) is 17.9. The molecule has 8 nitrogen and oxygen atoms in total. The lowest BCUT2D eigenvalue weighted by molar-refractivity contribution is -0.0297. The molecule has 0 radical (unpaired) electrons. The first-order valence-electron chi connectivity index (χ1n) is 10.1. The molecule has 30 heavy (non-hydrogen) atoms. The second kappa shape index (κ2) is 7.68. The topological polar surface area (TPSA) is 81.8 Å². The number of benzene rings is 1. The fourth-order valence-electron chi connectivity index (χ4n) is 4.29. The minimum Gasteiger partial charge on any atom is -0.496 e. The van der Waals surface area contributed by atoms with E-state index in [-0.39, 0.29) is 5.91 Å². The molecule has 0 atom stereocenters. The Morgan fingerprint density at radius 3 is 2.47 bits per heavy atom. The number of piperidine rings is 1. The molecule has 4 rings (SSSR count). The molecule has 1 aliphatic heterocycles. The van der Waals surface area contributed by atoms with Gasteiger partial charge in [-0.2, -0.15) is 0 Å². The monoisotopic (exact) mass is 412 g/mol. The second-order valence-electron chi connectivity index (χ2n) is 7.94. The number of imidazole rings is 1. The van der Waals surface area contributed by atoms with E-state index in [0.29, 0.717) is 49.7 Å². The van der Waals surface area contributed by atoms with Crippen LogP contribution in [-0.4, -0.2) is 62.9 Å². The van der Waals surface area contributed by atoms with Crippen molar-refractivity contribution in [3.8, 4) is 11.5 Å². The van der Waals surface area contributed by atoms with Gasteiger partial charge in [-0.05, 0) is 38.0 Å². The van der Waals surface area contributed by atoms with E-state index in [0.717, 1.165) is 16.7 Å². The summed E-state index contributed by atoms with van der Waals surface area (Å²) in [7, 11) is 5.09. The van der Waals surface area contributed by atoms with Crippen LogP contribution in [-0.2, 0) is 13.6 Å². The summed E-state index contributed by atoms with van der Waals surface area (Å²) in [5.41, 5.74) is 0.557. The van der Waals surface area contributed by atoms with E-state index in [4.69, 9.17) is 9.47 Å². The summed E-state index contributed by atoms with van der Waals surface area (Å²) < 4.78 is 14.8. The SMILES string of the molecule is COc1ccc(OC)c2c1cc(C(=O)N1CCC(O)(Cn3ccnc3C)CC1)n2C. The van der Waals surface area contributed by atoms with E-state index in [1.54, 1.807) is 20.4 Å². The first kappa shape index (κ1) is 20.3. The standard InChI is InChI=1S/C22H28N4O4/c1-15-23-9-12-26(15)14-22(28)7-10-25(11-8-22)21(27)17-13-16-18(29-3)5-6-19(30-4)20(16)24(17)2/h5-6,9,12-13,28H,7-8,10-11,14H2,1-4H3. The number of aromatic nitrogens is 3. The molecule has 1 aliphatic rings. The summed E-state index contributed by atoms with van der Waals surface area (Å²) in [5, 5.41) is 11.9. The number of hydrogen-bond acceptors (Lipinski definition) is 5. The minimum atomic E-state index is -0.840. The molecule has 1 saturated heterocycles. The maximum absolute atomic E-state index is 13.3. The van der Waals surface area contributed by atoms with E-state index in [1.807, 2.05) is 52.4 Å². The minimum absolute atomic E-state index is 0.0568. The number of aryl methyl sites for hydroxylation is 2. The average Bonchev–Trinajstić information content (AvgIpc) is 3.30. The van der Waals surface area contributed by atoms with Crippen molar-refractivity contribution in [3.63, 3.8) is 0 Å². The third-order valence-corrected chi connectivity index (χ3v) is 6.15. The zero-order chi connectivity index (χ0) is 21.5. The molecule has 0 unspecified atom stereocenters. The number of hydrogen-bond donors (Lipinski definition) is 1. The van der Waals surface area contributed by atoms with E-state index in [9.17, 15) is 9.90 Å². The number of methoxy groups -OCH3 is 2. The number of amides is 1. The van der Waals surface area contributed by atoms with Crippen molar-refractivity contribution < 1.29 is 19.4 Å². The Kier molecular flexibility index (Phi) is 5.19. The number of fused-ring (bicyclic) bond motifs is 1. The van der Waals surface area contributed by atoms with Gasteiger partial charge in [0.25, 0.3) is 5.91 Å². The molecular weight excluding hydrogens is 384 g/mol. The lowest BCUT2D eigenvalue weighted by atomic mass is 9.91. The van der Waals surface area contributed by atoms with Gasteiger partial charge in [0.1, 0.15) is 23.0 Å². The first-order chi connectivity index (χ1) is 14.4. The smallest absolute Gasteiger partial charge is 0.270 e. The van der Waals surface area contributed by atoms with Gasteiger partial charge in [-0.25, -0.2) is 4.98 Å². The fourth-order valence-corrected chi connectivity index (χ4v) is 4.29. The average molecular weight is 412 g/mol. The van der Waals surface area contributed by atoms with Crippen LogP contribution in [0, 0.1) is 6.92 Å². The Morgan fingerprint density at radius 1 is 1.20 bits per heavy atom. The first-order valence-corrected chi connectivity index (χ1v) is 10.1. The molecule has 1 aromatic carbocycles. The van der Waals surface area contributed by atoms with Crippen LogP contribution in [0.15, 0.2) is 30.6 Å². The summed E-state index contributed by atoms with van der Waals surface area (Å²) in [4.78, 5) is 19.3. The maximum atomic E-state index is 13.3. The van der Waals surface area contributed by atoms with Gasteiger partial charge < -0.3 is 28.6 Å². The van der Waals surface area contributed by atoms with E-state index in [2.05, 4.69) is 4.98 Å². The van der Waals surface area contributed by atoms with Gasteiger partial charge in [0.2, 0.25) is 0 Å². The predicted octanol–water partition coefficient (Wildman–Crippen LogP) is 2.37. The Balaban J connectivity index is 1.55. The van der Waals surface area contributed by atoms with Gasteiger partial charge in [-0.3, -0.25) is 4.79 Å². The van der Waals surface area contributed by atoms with Crippen LogP contribution in [0.2, 0.25) is 0 Å². The van der Waals surface area contributed by atoms with Crippen molar-refractivity contribution in [1.29, 1.82) is 0 Å². The highest BCUT2D eigenvalue weighted by molar-refractivity contribution is 6.02. The molecule has 160 valence electrons. The van der Waals surface area contributed by atoms with Crippen LogP contribution in [0.25, 0.3) is 10.9 Å². The largest absolute Gasteiger partial charge is 0.496 e. The van der Waals surface area contributed by atoms with Gasteiger partial charge in [0.05, 0.1) is 31.9 Å². The molecule has 3 aromatic rings. The third-order valence-electron chi connectivity index (χ3n) is 6.15. The van der Waals surface area contributed by atoms with Crippen molar-refractivity contribution in [1.82, 2.24) is 19.0 Å². The molecule has 0 spiro atoms. The Hall–Kier alpha value is -3.00. The van der Waals surface area contributed by atoms with E-state index < -0.39 is 5.60 Å². The summed E-state index contributed by atoms with van der Waals surface area (Å²) in [6, 6.07) is 5.54. The van der Waals surface area contributed by atoms with E-state index >= 15 is 0 Å². The van der Waals surface area contributed by atoms with Gasteiger partial charge in [0, 0.05) is 37.9 Å². The molecule has 3 heterocycles. The predicted molar refractivity (Wildman–Crippen MR) is 113 cm³/mol. The quantitative estimate of drug-likeness (QED) is 0.696. The molecule has 1 amide bonds. The second-order valence-corrected chi connectivity index (χ2v) is 7.94. The number of rotatable bonds is 5. The lowest BCUT2D eigenvalue weighted by Gasteiger charge is -2.38. The number of likely N-dealkylation sites (tertiary alicyclic amines) is 1. The summed E-state index contributed by atoms with van der Waals surface area (Å²) in [6.07, 6.45) is 4.65. The molecule has 1 fully saturated rings. The van der Waals surface area contributed by atoms with Crippen LogP contribution in [0.1, 0.15) is 29.2 Å². The van der Waals surface area contributed by atoms with Crippen molar-refractivity contribution >= 4 is 16.8 Å². The highest BCUT2D eigenvalue weighted by Gasteiger charge is 2.35. The van der Waals surface area contributed by atoms with Crippen molar-refractivity contribution in [3.05, 3.63) is 42.1 Å². The highest BCUT2D eigenvalue weighted by Crippen LogP contribution is 2.36. The number of aliphatic hydroxyl groups is 1. The summed E-state index contributed by atoms with van der Waals surface area (Å²) >= 11 is 0. The molecule has 2 aromatic heterocycles. The van der Waals surface area contributed by atoms with Gasteiger partial charge in [-0.15, -0.1) is 0 Å². The van der Waals surface area contributed by atoms with Gasteiger partial charge in [0.15, 0.2) is 0 Å². The van der Waals surface area contributed by atoms with Crippen LogP contribution in [0.4, 0.5) is 0 Å². The third kappa shape index (κ3) is 3.41. The van der Waals surface area contributed by atoms with Gasteiger partial charge >= 0.3 is 0 Å². The molecule has 0 saturated carbocycles. The molecule has 0 bridgehead atoms. The molecule has 8 heteroatoms. The van der Waals surface area contributed by atoms with Crippen LogP contribution in [0.3, 0.4) is 0 Å². The number of nitrogens with zero attached hydrogens (tertiary/aromatic N) is 4. The van der Waals surface area contributed by atoms with Crippen LogP contribution in [0.5, 0.6) is 11.5 Å². The van der Waals surface area contributed by atoms with E-state index in [1.165, 1.54) is 0 Å². The Bertz CT molecular complexity index is 1080. The van der Waals surface area contributed by atoms with Crippen LogP contribution < -0.4 is 9.47 Å². The number of ether oxygens (including phenoxy) is 2. The summed E-state index contributed by atoms with van der Waals surface area (Å²) in [6.45, 7) is 3.41. The lowest BCUT2D eigenvalue weighted by Crippen LogP contribution is -2.49. The van der Waals surface area contributed by atoms with Crippen molar-refractivity contribution in [2.75, 3.05) is 27.3 Å². The normalized spacial score (nSPS) is 16.1. The van der Waals surface area contributed by atoms with Gasteiger partial charge in [-0.1, -0.05) is 0 Å². The zero-order valence-electron chi connectivity index (χ0n) is 17.9. The molecule has 1 N–H and O–H groups in total. The summed E-state index contributed by atoms with van der Waals surface area (Å²) in [5.74, 6) is 2.21. The van der Waals surface area contributed by atoms with Crippen molar-refractivity contribution in [2.24, 2.45) is 7.05 Å². The number of carbonyl (C=O) groups excluding carboxylic acids is 1. The number of carbonyl (C=O) groups is 1. The van der Waals surface area contributed by atoms with Crippen LogP contribution >= 0.6 is 0 Å². The van der Waals surface area contributed by atoms with Crippen molar-refractivity contribution in [2.45, 2.75) is 31.9 Å². The Labute approximate surface area is 175 Å². The molecule has 0 aliphatic carbocycles. The Morgan fingerprint density at radius 2 is 1.87 bits per heavy atom. The maximum Gasteiger partial charge on any atom is 0.270 e. The fraction of sp³-hybridized carbons (Fsp3) is 0.455. The highest BCUT2D eigenvalue weighted by atomic mass is 16.5.